The van der Waals surface area contributed by atoms with Crippen molar-refractivity contribution < 1.29 is 4.79 Å². The minimum atomic E-state index is 0.223. The molecule has 0 spiro atoms. The molecule has 1 amide bonds. The number of carbonyl (C=O) groups is 1. The van der Waals surface area contributed by atoms with E-state index in [2.05, 4.69) is 41.4 Å². The van der Waals surface area contributed by atoms with Gasteiger partial charge in [0.05, 0.1) is 0 Å². The zero-order valence-electron chi connectivity index (χ0n) is 12.9. The van der Waals surface area contributed by atoms with Crippen LogP contribution in [0.1, 0.15) is 44.1 Å². The van der Waals surface area contributed by atoms with Gasteiger partial charge < -0.3 is 10.2 Å². The van der Waals surface area contributed by atoms with E-state index in [1.165, 1.54) is 18.4 Å². The van der Waals surface area contributed by atoms with Gasteiger partial charge in [0.2, 0.25) is 5.91 Å². The van der Waals surface area contributed by atoms with Crippen LogP contribution in [0.3, 0.4) is 0 Å². The SMILES string of the molecule is CCCN(CC1CCCN1)C(=O)C1CC1c1ccccc1. The van der Waals surface area contributed by atoms with Gasteiger partial charge in [0.1, 0.15) is 0 Å². The molecule has 3 nitrogen and oxygen atoms in total. The third-order valence-corrected chi connectivity index (χ3v) is 4.74. The summed E-state index contributed by atoms with van der Waals surface area (Å²) < 4.78 is 0. The molecule has 1 saturated heterocycles. The molecule has 3 atom stereocenters. The first-order valence-electron chi connectivity index (χ1n) is 8.36. The molecule has 1 aliphatic heterocycles. The highest BCUT2D eigenvalue weighted by molar-refractivity contribution is 5.83. The van der Waals surface area contributed by atoms with E-state index in [-0.39, 0.29) is 5.92 Å². The van der Waals surface area contributed by atoms with E-state index >= 15 is 0 Å². The third kappa shape index (κ3) is 3.46. The highest BCUT2D eigenvalue weighted by Gasteiger charge is 2.45. The second-order valence-electron chi connectivity index (χ2n) is 6.44. The van der Waals surface area contributed by atoms with Crippen molar-refractivity contribution in [2.75, 3.05) is 19.6 Å². The number of rotatable bonds is 6. The zero-order valence-corrected chi connectivity index (χ0v) is 12.9. The van der Waals surface area contributed by atoms with E-state index in [1.807, 2.05) is 6.07 Å². The van der Waals surface area contributed by atoms with Crippen LogP contribution in [0.5, 0.6) is 0 Å². The Kier molecular flexibility index (Phi) is 4.59. The fourth-order valence-electron chi connectivity index (χ4n) is 3.51. The predicted octanol–water partition coefficient (Wildman–Crippen LogP) is 2.78. The monoisotopic (exact) mass is 286 g/mol. The summed E-state index contributed by atoms with van der Waals surface area (Å²) in [4.78, 5) is 14.9. The Bertz CT molecular complexity index is 467. The zero-order chi connectivity index (χ0) is 14.7. The molecular weight excluding hydrogens is 260 g/mol. The first kappa shape index (κ1) is 14.6. The molecule has 0 radical (unpaired) electrons. The van der Waals surface area contributed by atoms with Gasteiger partial charge in [0.15, 0.2) is 0 Å². The van der Waals surface area contributed by atoms with Crippen molar-refractivity contribution in [2.24, 2.45) is 5.92 Å². The van der Waals surface area contributed by atoms with E-state index in [0.29, 0.717) is 17.9 Å². The normalized spacial score (nSPS) is 27.6. The van der Waals surface area contributed by atoms with Crippen LogP contribution < -0.4 is 5.32 Å². The quantitative estimate of drug-likeness (QED) is 0.872. The number of hydrogen-bond acceptors (Lipinski definition) is 2. The van der Waals surface area contributed by atoms with Crippen molar-refractivity contribution in [2.45, 2.75) is 44.6 Å². The summed E-state index contributed by atoms with van der Waals surface area (Å²) >= 11 is 0. The van der Waals surface area contributed by atoms with Gasteiger partial charge in [-0.05, 0) is 43.7 Å². The smallest absolute Gasteiger partial charge is 0.226 e. The number of nitrogens with zero attached hydrogens (tertiary/aromatic N) is 1. The van der Waals surface area contributed by atoms with Crippen LogP contribution in [0.25, 0.3) is 0 Å². The first-order chi connectivity index (χ1) is 10.3. The average molecular weight is 286 g/mol. The molecule has 1 aliphatic carbocycles. The molecule has 3 unspecified atom stereocenters. The van der Waals surface area contributed by atoms with Crippen LogP contribution in [0.15, 0.2) is 30.3 Å². The molecule has 114 valence electrons. The van der Waals surface area contributed by atoms with Gasteiger partial charge in [-0.3, -0.25) is 4.79 Å². The summed E-state index contributed by atoms with van der Waals surface area (Å²) in [6.07, 6.45) is 4.53. The van der Waals surface area contributed by atoms with Crippen LogP contribution >= 0.6 is 0 Å². The molecule has 1 heterocycles. The summed E-state index contributed by atoms with van der Waals surface area (Å²) in [6, 6.07) is 11.0. The topological polar surface area (TPSA) is 32.3 Å². The van der Waals surface area contributed by atoms with E-state index in [1.54, 1.807) is 0 Å². The number of hydrogen-bond donors (Lipinski definition) is 1. The number of amides is 1. The second kappa shape index (κ2) is 6.61. The Morgan fingerprint density at radius 2 is 2.14 bits per heavy atom. The van der Waals surface area contributed by atoms with Gasteiger partial charge in [-0.1, -0.05) is 37.3 Å². The van der Waals surface area contributed by atoms with Crippen LogP contribution in [-0.2, 0) is 4.79 Å². The van der Waals surface area contributed by atoms with Gasteiger partial charge in [0, 0.05) is 25.0 Å². The van der Waals surface area contributed by atoms with Gasteiger partial charge in [0.25, 0.3) is 0 Å². The molecule has 1 aromatic carbocycles. The second-order valence-corrected chi connectivity index (χ2v) is 6.44. The van der Waals surface area contributed by atoms with Crippen LogP contribution in [0, 0.1) is 5.92 Å². The fraction of sp³-hybridized carbons (Fsp3) is 0.611. The van der Waals surface area contributed by atoms with E-state index in [9.17, 15) is 4.79 Å². The number of carbonyl (C=O) groups excluding carboxylic acids is 1. The summed E-state index contributed by atoms with van der Waals surface area (Å²) in [5.41, 5.74) is 1.33. The maximum absolute atomic E-state index is 12.8. The lowest BCUT2D eigenvalue weighted by Crippen LogP contribution is -2.42. The fourth-order valence-corrected chi connectivity index (χ4v) is 3.51. The predicted molar refractivity (Wildman–Crippen MR) is 85.2 cm³/mol. The van der Waals surface area contributed by atoms with Gasteiger partial charge in [-0.25, -0.2) is 0 Å². The Hall–Kier alpha value is -1.35. The molecule has 0 bridgehead atoms. The maximum atomic E-state index is 12.8. The summed E-state index contributed by atoms with van der Waals surface area (Å²) in [7, 11) is 0. The van der Waals surface area contributed by atoms with Crippen molar-refractivity contribution in [3.8, 4) is 0 Å². The number of nitrogens with one attached hydrogen (secondary N) is 1. The average Bonchev–Trinajstić information content (AvgIpc) is 3.16. The third-order valence-electron chi connectivity index (χ3n) is 4.74. The molecule has 0 aromatic heterocycles. The summed E-state index contributed by atoms with van der Waals surface area (Å²) in [5.74, 6) is 1.05. The maximum Gasteiger partial charge on any atom is 0.226 e. The minimum absolute atomic E-state index is 0.223. The van der Waals surface area contributed by atoms with Gasteiger partial charge in [-0.15, -0.1) is 0 Å². The molecular formula is C18H26N2O. The summed E-state index contributed by atoms with van der Waals surface area (Å²) in [5, 5.41) is 3.51. The van der Waals surface area contributed by atoms with E-state index in [0.717, 1.165) is 32.5 Å². The molecule has 2 fully saturated rings. The van der Waals surface area contributed by atoms with Crippen LogP contribution in [0.2, 0.25) is 0 Å². The molecule has 2 aliphatic rings. The van der Waals surface area contributed by atoms with Gasteiger partial charge >= 0.3 is 0 Å². The Morgan fingerprint density at radius 3 is 2.81 bits per heavy atom. The van der Waals surface area contributed by atoms with Crippen molar-refractivity contribution in [1.29, 1.82) is 0 Å². The van der Waals surface area contributed by atoms with Crippen molar-refractivity contribution in [3.63, 3.8) is 0 Å². The van der Waals surface area contributed by atoms with Crippen molar-refractivity contribution >= 4 is 5.91 Å². The molecule has 3 heteroatoms. The Labute approximate surface area is 127 Å². The van der Waals surface area contributed by atoms with Crippen LogP contribution in [-0.4, -0.2) is 36.5 Å². The Morgan fingerprint density at radius 1 is 1.33 bits per heavy atom. The van der Waals surface area contributed by atoms with Crippen LogP contribution in [0.4, 0.5) is 0 Å². The van der Waals surface area contributed by atoms with Crippen molar-refractivity contribution in [3.05, 3.63) is 35.9 Å². The highest BCUT2D eigenvalue weighted by atomic mass is 16.2. The van der Waals surface area contributed by atoms with Gasteiger partial charge in [-0.2, -0.15) is 0 Å². The molecule has 1 N–H and O–H groups in total. The van der Waals surface area contributed by atoms with E-state index in [4.69, 9.17) is 0 Å². The lowest BCUT2D eigenvalue weighted by Gasteiger charge is -2.26. The molecule has 1 aromatic rings. The first-order valence-corrected chi connectivity index (χ1v) is 8.36. The largest absolute Gasteiger partial charge is 0.341 e. The Balaban J connectivity index is 1.59. The molecule has 21 heavy (non-hydrogen) atoms. The molecule has 1 saturated carbocycles. The standard InChI is InChI=1S/C18H26N2O/c1-2-11-20(13-15-9-6-10-19-15)18(21)17-12-16(17)14-7-4-3-5-8-14/h3-5,7-8,15-17,19H,2,6,9-13H2,1H3. The lowest BCUT2D eigenvalue weighted by atomic mass is 10.1. The van der Waals surface area contributed by atoms with E-state index < -0.39 is 0 Å². The number of benzene rings is 1. The molecule has 3 rings (SSSR count). The minimum Gasteiger partial charge on any atom is -0.341 e. The highest BCUT2D eigenvalue weighted by Crippen LogP contribution is 2.48. The summed E-state index contributed by atoms with van der Waals surface area (Å²) in [6.45, 7) is 5.05. The van der Waals surface area contributed by atoms with Crippen molar-refractivity contribution in [1.82, 2.24) is 10.2 Å². The lowest BCUT2D eigenvalue weighted by molar-refractivity contribution is -0.133.